The van der Waals surface area contributed by atoms with Crippen molar-refractivity contribution in [3.05, 3.63) is 29.8 Å². The van der Waals surface area contributed by atoms with Crippen LogP contribution in [0, 0.1) is 0 Å². The topological polar surface area (TPSA) is 72.6 Å². The van der Waals surface area contributed by atoms with Gasteiger partial charge in [-0.15, -0.1) is 0 Å². The average molecular weight is 324 g/mol. The molecule has 2 heterocycles. The van der Waals surface area contributed by atoms with Gasteiger partial charge < -0.3 is 10.5 Å². The van der Waals surface area contributed by atoms with Crippen molar-refractivity contribution in [2.45, 2.75) is 38.0 Å². The van der Waals surface area contributed by atoms with Crippen molar-refractivity contribution in [3.63, 3.8) is 0 Å². The molecule has 2 aliphatic heterocycles. The van der Waals surface area contributed by atoms with E-state index in [0.29, 0.717) is 5.75 Å². The van der Waals surface area contributed by atoms with Crippen molar-refractivity contribution in [1.29, 1.82) is 0 Å². The highest BCUT2D eigenvalue weighted by atomic mass is 32.2. The van der Waals surface area contributed by atoms with Crippen LogP contribution in [0.25, 0.3) is 0 Å². The molecule has 122 valence electrons. The molecule has 2 saturated heterocycles. The fraction of sp³-hybridized carbons (Fsp3) is 0.625. The highest BCUT2D eigenvalue weighted by Gasteiger charge is 2.33. The predicted molar refractivity (Wildman–Crippen MR) is 87.3 cm³/mol. The number of nitrogen functional groups attached to an aromatic ring is 1. The smallest absolute Gasteiger partial charge is 0.151 e. The molecule has 1 aromatic carbocycles. The first-order valence-electron chi connectivity index (χ1n) is 7.92. The molecule has 5 nitrogen and oxygen atoms in total. The van der Waals surface area contributed by atoms with Crippen LogP contribution in [0.1, 0.15) is 24.8 Å². The zero-order valence-electron chi connectivity index (χ0n) is 12.8. The van der Waals surface area contributed by atoms with Crippen molar-refractivity contribution in [2.24, 2.45) is 0 Å². The summed E-state index contributed by atoms with van der Waals surface area (Å²) in [6, 6.07) is 7.92. The van der Waals surface area contributed by atoms with Gasteiger partial charge in [-0.25, -0.2) is 8.42 Å². The second kappa shape index (κ2) is 6.56. The molecule has 2 aliphatic rings. The van der Waals surface area contributed by atoms with Crippen LogP contribution in [0.3, 0.4) is 0 Å². The number of hydrogen-bond acceptors (Lipinski definition) is 5. The van der Waals surface area contributed by atoms with Crippen LogP contribution in [0.15, 0.2) is 24.3 Å². The monoisotopic (exact) mass is 324 g/mol. The molecular weight excluding hydrogens is 300 g/mol. The Labute approximate surface area is 132 Å². The third kappa shape index (κ3) is 4.00. The predicted octanol–water partition coefficient (Wildman–Crippen LogP) is 1.44. The van der Waals surface area contributed by atoms with Crippen molar-refractivity contribution in [1.82, 2.24) is 4.90 Å². The van der Waals surface area contributed by atoms with Gasteiger partial charge >= 0.3 is 0 Å². The second-order valence-corrected chi connectivity index (χ2v) is 8.59. The molecule has 2 atom stereocenters. The van der Waals surface area contributed by atoms with E-state index < -0.39 is 9.84 Å². The Morgan fingerprint density at radius 3 is 2.59 bits per heavy atom. The molecule has 0 bridgehead atoms. The Morgan fingerprint density at radius 1 is 1.23 bits per heavy atom. The van der Waals surface area contributed by atoms with Crippen molar-refractivity contribution < 1.29 is 13.2 Å². The molecule has 0 aliphatic carbocycles. The van der Waals surface area contributed by atoms with E-state index in [1.165, 1.54) is 0 Å². The Morgan fingerprint density at radius 2 is 2.00 bits per heavy atom. The van der Waals surface area contributed by atoms with Gasteiger partial charge in [0.1, 0.15) is 0 Å². The van der Waals surface area contributed by atoms with Gasteiger partial charge in [0, 0.05) is 31.4 Å². The van der Waals surface area contributed by atoms with Crippen LogP contribution in [0.2, 0.25) is 0 Å². The third-order valence-electron chi connectivity index (χ3n) is 4.55. The van der Waals surface area contributed by atoms with Crippen LogP contribution >= 0.6 is 0 Å². The zero-order valence-corrected chi connectivity index (χ0v) is 13.6. The number of nitrogens with zero attached hydrogens (tertiary/aromatic N) is 1. The van der Waals surface area contributed by atoms with Crippen LogP contribution in [0.5, 0.6) is 0 Å². The molecule has 22 heavy (non-hydrogen) atoms. The summed E-state index contributed by atoms with van der Waals surface area (Å²) in [5, 5.41) is 0. The first-order valence-corrected chi connectivity index (χ1v) is 9.74. The second-order valence-electron chi connectivity index (χ2n) is 6.36. The van der Waals surface area contributed by atoms with Crippen molar-refractivity contribution in [2.75, 3.05) is 30.4 Å². The largest absolute Gasteiger partial charge is 0.399 e. The lowest BCUT2D eigenvalue weighted by Crippen LogP contribution is -2.40. The van der Waals surface area contributed by atoms with Crippen LogP contribution in [-0.4, -0.2) is 50.1 Å². The number of sulfone groups is 1. The van der Waals surface area contributed by atoms with E-state index in [0.717, 1.165) is 50.2 Å². The summed E-state index contributed by atoms with van der Waals surface area (Å²) in [6.45, 7) is 2.38. The Kier molecular flexibility index (Phi) is 4.70. The maximum atomic E-state index is 11.8. The van der Waals surface area contributed by atoms with E-state index in [1.54, 1.807) is 0 Å². The molecule has 0 unspecified atom stereocenters. The Bertz CT molecular complexity index is 594. The fourth-order valence-electron chi connectivity index (χ4n) is 3.31. The molecule has 2 N–H and O–H groups in total. The summed E-state index contributed by atoms with van der Waals surface area (Å²) < 4.78 is 29.4. The summed E-state index contributed by atoms with van der Waals surface area (Å²) in [5.74, 6) is 0.579. The van der Waals surface area contributed by atoms with Gasteiger partial charge in [-0.05, 0) is 37.0 Å². The normalized spacial score (nSPS) is 27.5. The molecule has 1 aromatic rings. The first kappa shape index (κ1) is 15.8. The first-order chi connectivity index (χ1) is 10.5. The lowest BCUT2D eigenvalue weighted by Gasteiger charge is -2.30. The van der Waals surface area contributed by atoms with Gasteiger partial charge in [-0.2, -0.15) is 0 Å². The lowest BCUT2D eigenvalue weighted by atomic mass is 10.1. The van der Waals surface area contributed by atoms with Crippen LogP contribution in [0.4, 0.5) is 5.69 Å². The van der Waals surface area contributed by atoms with Gasteiger partial charge in [0.25, 0.3) is 0 Å². The number of rotatable bonds is 5. The Hall–Kier alpha value is -1.11. The zero-order chi connectivity index (χ0) is 15.6. The molecule has 6 heteroatoms. The maximum absolute atomic E-state index is 11.8. The molecule has 3 rings (SSSR count). The van der Waals surface area contributed by atoms with Crippen LogP contribution in [-0.2, 0) is 21.1 Å². The molecule has 0 aromatic heterocycles. The van der Waals surface area contributed by atoms with Gasteiger partial charge in [0.15, 0.2) is 9.84 Å². The van der Waals surface area contributed by atoms with E-state index in [2.05, 4.69) is 4.90 Å². The number of anilines is 1. The van der Waals surface area contributed by atoms with Crippen molar-refractivity contribution in [3.8, 4) is 0 Å². The standard InChI is InChI=1S/C16H24N2O3S/c17-14-5-3-13(4-6-14)10-18(11-16-2-1-8-21-16)15-7-9-22(19,20)12-15/h3-6,15-16H,1-2,7-12,17H2/t15-,16-/m0/s1. The number of ether oxygens (including phenoxy) is 1. The van der Waals surface area contributed by atoms with Gasteiger partial charge in [-0.1, -0.05) is 12.1 Å². The summed E-state index contributed by atoms with van der Waals surface area (Å²) in [6.07, 6.45) is 3.13. The minimum absolute atomic E-state index is 0.103. The summed E-state index contributed by atoms with van der Waals surface area (Å²) in [4.78, 5) is 2.28. The van der Waals surface area contributed by atoms with E-state index in [1.807, 2.05) is 24.3 Å². The SMILES string of the molecule is Nc1ccc(CN(C[C@@H]2CCCO2)[C@H]2CCS(=O)(=O)C2)cc1. The van der Waals surface area contributed by atoms with Crippen molar-refractivity contribution >= 4 is 15.5 Å². The van der Waals surface area contributed by atoms with Gasteiger partial charge in [-0.3, -0.25) is 4.90 Å². The summed E-state index contributed by atoms with van der Waals surface area (Å²) in [7, 11) is -2.88. The van der Waals surface area contributed by atoms with Gasteiger partial charge in [0.05, 0.1) is 17.6 Å². The summed E-state index contributed by atoms with van der Waals surface area (Å²) >= 11 is 0. The molecular formula is C16H24N2O3S. The van der Waals surface area contributed by atoms with Gasteiger partial charge in [0.2, 0.25) is 0 Å². The van der Waals surface area contributed by atoms with E-state index in [4.69, 9.17) is 10.5 Å². The molecule has 0 saturated carbocycles. The van der Waals surface area contributed by atoms with E-state index >= 15 is 0 Å². The minimum atomic E-state index is -2.88. The minimum Gasteiger partial charge on any atom is -0.399 e. The van der Waals surface area contributed by atoms with Crippen LogP contribution < -0.4 is 5.73 Å². The lowest BCUT2D eigenvalue weighted by molar-refractivity contribution is 0.0574. The number of nitrogens with two attached hydrogens (primary N) is 1. The molecule has 0 spiro atoms. The van der Waals surface area contributed by atoms with E-state index in [9.17, 15) is 8.42 Å². The molecule has 0 amide bonds. The van der Waals surface area contributed by atoms with E-state index in [-0.39, 0.29) is 17.9 Å². The summed E-state index contributed by atoms with van der Waals surface area (Å²) in [5.41, 5.74) is 7.65. The number of hydrogen-bond donors (Lipinski definition) is 1. The fourth-order valence-corrected chi connectivity index (χ4v) is 5.08. The molecule has 0 radical (unpaired) electrons. The average Bonchev–Trinajstić information content (AvgIpc) is 3.10. The number of benzene rings is 1. The Balaban J connectivity index is 1.71. The molecule has 2 fully saturated rings. The quantitative estimate of drug-likeness (QED) is 0.830. The highest BCUT2D eigenvalue weighted by Crippen LogP contribution is 2.23. The maximum Gasteiger partial charge on any atom is 0.151 e. The third-order valence-corrected chi connectivity index (χ3v) is 6.30. The highest BCUT2D eigenvalue weighted by molar-refractivity contribution is 7.91.